The maximum Gasteiger partial charge on any atom is 0.349 e. The largest absolute Gasteiger partial charge is 0.369 e. The summed E-state index contributed by atoms with van der Waals surface area (Å²) in [5.41, 5.74) is 10.5. The van der Waals surface area contributed by atoms with Gasteiger partial charge in [-0.15, -0.1) is 10.1 Å². The van der Waals surface area contributed by atoms with Crippen molar-refractivity contribution in [3.8, 4) is 0 Å². The lowest BCUT2D eigenvalue weighted by molar-refractivity contribution is -0.193. The summed E-state index contributed by atoms with van der Waals surface area (Å²) in [7, 11) is 0. The van der Waals surface area contributed by atoms with Gasteiger partial charge in [0.05, 0.1) is 0 Å². The molecule has 0 radical (unpaired) electrons. The summed E-state index contributed by atoms with van der Waals surface area (Å²) < 4.78 is 0. The molecule has 2 heterocycles. The van der Waals surface area contributed by atoms with Crippen LogP contribution in [0, 0.1) is 11.8 Å². The molecule has 10 heteroatoms. The van der Waals surface area contributed by atoms with Crippen LogP contribution in [0.1, 0.15) is 25.7 Å². The lowest BCUT2D eigenvalue weighted by Crippen LogP contribution is -2.39. The van der Waals surface area contributed by atoms with Gasteiger partial charge in [-0.3, -0.25) is 9.59 Å². The van der Waals surface area contributed by atoms with Crippen LogP contribution in [0.2, 0.25) is 0 Å². The predicted octanol–water partition coefficient (Wildman–Crippen LogP) is -1.15. The van der Waals surface area contributed by atoms with Gasteiger partial charge in [0.2, 0.25) is 11.8 Å². The molecule has 2 aliphatic rings. The molecule has 2 fully saturated rings. The lowest BCUT2D eigenvalue weighted by atomic mass is 9.97. The Kier molecular flexibility index (Phi) is 7.10. The number of nitrogens with zero attached hydrogens (tertiary/aromatic N) is 2. The SMILES string of the molecule is NC(=O)C1CCN(OC(=O)/C=C\C(=O)ON2CCC(C(N)=O)CC2)CC1. The molecule has 2 rings (SSSR count). The molecule has 0 aromatic heterocycles. The van der Waals surface area contributed by atoms with Gasteiger partial charge < -0.3 is 21.1 Å². The summed E-state index contributed by atoms with van der Waals surface area (Å²) in [5, 5.41) is 2.87. The molecule has 0 unspecified atom stereocenters. The zero-order chi connectivity index (χ0) is 19.1. The molecule has 0 bridgehead atoms. The van der Waals surface area contributed by atoms with Gasteiger partial charge in [0, 0.05) is 50.2 Å². The highest BCUT2D eigenvalue weighted by atomic mass is 16.7. The Morgan fingerprint density at radius 2 is 1.00 bits per heavy atom. The maximum atomic E-state index is 11.7. The summed E-state index contributed by atoms with van der Waals surface area (Å²) in [6.45, 7) is 1.64. The van der Waals surface area contributed by atoms with Crippen molar-refractivity contribution >= 4 is 23.8 Å². The first-order valence-corrected chi connectivity index (χ1v) is 8.55. The van der Waals surface area contributed by atoms with E-state index in [0.717, 1.165) is 12.2 Å². The molecule has 0 atom stereocenters. The number of primary amides is 2. The fraction of sp³-hybridized carbons (Fsp3) is 0.625. The average molecular weight is 368 g/mol. The number of nitrogens with two attached hydrogens (primary N) is 2. The first-order chi connectivity index (χ1) is 12.3. The number of hydrogen-bond donors (Lipinski definition) is 2. The van der Waals surface area contributed by atoms with Gasteiger partial charge in [-0.1, -0.05) is 0 Å². The minimum atomic E-state index is -0.702. The predicted molar refractivity (Wildman–Crippen MR) is 88.3 cm³/mol. The molecule has 0 spiro atoms. The summed E-state index contributed by atoms with van der Waals surface area (Å²) >= 11 is 0. The number of piperidine rings is 2. The highest BCUT2D eigenvalue weighted by Gasteiger charge is 2.26. The van der Waals surface area contributed by atoms with Crippen LogP contribution in [0.4, 0.5) is 0 Å². The molecule has 0 saturated carbocycles. The lowest BCUT2D eigenvalue weighted by Gasteiger charge is -2.28. The third-order valence-corrected chi connectivity index (χ3v) is 4.51. The smallest absolute Gasteiger partial charge is 0.349 e. The fourth-order valence-electron chi connectivity index (χ4n) is 2.91. The van der Waals surface area contributed by atoms with E-state index in [0.29, 0.717) is 51.9 Å². The molecule has 0 aromatic carbocycles. The monoisotopic (exact) mass is 368 g/mol. The van der Waals surface area contributed by atoms with Gasteiger partial charge in [-0.05, 0) is 25.7 Å². The quantitative estimate of drug-likeness (QED) is 0.559. The summed E-state index contributed by atoms with van der Waals surface area (Å²) in [4.78, 5) is 55.8. The van der Waals surface area contributed by atoms with E-state index in [1.165, 1.54) is 10.1 Å². The van der Waals surface area contributed by atoms with Crippen LogP contribution in [0.5, 0.6) is 0 Å². The Hall–Kier alpha value is -2.46. The van der Waals surface area contributed by atoms with E-state index >= 15 is 0 Å². The van der Waals surface area contributed by atoms with Crippen LogP contribution in [-0.2, 0) is 28.9 Å². The number of carbonyl (C=O) groups excluding carboxylic acids is 4. The molecule has 2 amide bonds. The van der Waals surface area contributed by atoms with E-state index in [2.05, 4.69) is 0 Å². The molecular weight excluding hydrogens is 344 g/mol. The third kappa shape index (κ3) is 6.12. The van der Waals surface area contributed by atoms with Crippen LogP contribution in [0.25, 0.3) is 0 Å². The topological polar surface area (TPSA) is 145 Å². The summed E-state index contributed by atoms with van der Waals surface area (Å²) in [6, 6.07) is 0. The number of amides is 2. The molecule has 4 N–H and O–H groups in total. The second-order valence-electron chi connectivity index (χ2n) is 6.37. The Morgan fingerprint density at radius 3 is 1.27 bits per heavy atom. The van der Waals surface area contributed by atoms with E-state index in [9.17, 15) is 19.2 Å². The van der Waals surface area contributed by atoms with Gasteiger partial charge in [0.1, 0.15) is 0 Å². The van der Waals surface area contributed by atoms with Crippen molar-refractivity contribution in [1.82, 2.24) is 10.1 Å². The highest BCUT2D eigenvalue weighted by molar-refractivity contribution is 5.91. The highest BCUT2D eigenvalue weighted by Crippen LogP contribution is 2.18. The molecule has 26 heavy (non-hydrogen) atoms. The maximum absolute atomic E-state index is 11.7. The molecule has 10 nitrogen and oxygen atoms in total. The number of carbonyl (C=O) groups is 4. The van der Waals surface area contributed by atoms with E-state index in [4.69, 9.17) is 21.1 Å². The summed E-state index contributed by atoms with van der Waals surface area (Å²) in [6.07, 6.45) is 4.06. The minimum Gasteiger partial charge on any atom is -0.369 e. The van der Waals surface area contributed by atoms with Gasteiger partial charge >= 0.3 is 11.9 Å². The van der Waals surface area contributed by atoms with Crippen molar-refractivity contribution in [2.75, 3.05) is 26.2 Å². The van der Waals surface area contributed by atoms with Crippen molar-refractivity contribution in [3.05, 3.63) is 12.2 Å². The number of hydrogen-bond acceptors (Lipinski definition) is 8. The van der Waals surface area contributed by atoms with Crippen molar-refractivity contribution in [2.24, 2.45) is 23.3 Å². The van der Waals surface area contributed by atoms with E-state index in [1.54, 1.807) is 0 Å². The van der Waals surface area contributed by atoms with Crippen molar-refractivity contribution in [2.45, 2.75) is 25.7 Å². The first kappa shape index (κ1) is 19.9. The first-order valence-electron chi connectivity index (χ1n) is 8.55. The number of hydroxylamine groups is 4. The Morgan fingerprint density at radius 1 is 0.692 bits per heavy atom. The molecule has 0 aromatic rings. The zero-order valence-electron chi connectivity index (χ0n) is 14.5. The molecule has 2 aliphatic heterocycles. The van der Waals surface area contributed by atoms with Gasteiger partial charge in [0.15, 0.2) is 0 Å². The van der Waals surface area contributed by atoms with Gasteiger partial charge in [-0.25, -0.2) is 9.59 Å². The Bertz CT molecular complexity index is 527. The van der Waals surface area contributed by atoms with Crippen molar-refractivity contribution < 1.29 is 28.9 Å². The summed E-state index contributed by atoms with van der Waals surface area (Å²) in [5.74, 6) is -2.50. The second-order valence-corrected chi connectivity index (χ2v) is 6.37. The van der Waals surface area contributed by atoms with Crippen molar-refractivity contribution in [1.29, 1.82) is 0 Å². The minimum absolute atomic E-state index is 0.200. The van der Waals surface area contributed by atoms with Crippen LogP contribution in [-0.4, -0.2) is 60.1 Å². The van der Waals surface area contributed by atoms with Gasteiger partial charge in [0.25, 0.3) is 0 Å². The molecule has 0 aliphatic carbocycles. The van der Waals surface area contributed by atoms with E-state index in [-0.39, 0.29) is 23.7 Å². The van der Waals surface area contributed by atoms with Crippen LogP contribution >= 0.6 is 0 Å². The Labute approximate surface area is 150 Å². The molecule has 2 saturated heterocycles. The fourth-order valence-corrected chi connectivity index (χ4v) is 2.91. The normalized spacial score (nSPS) is 20.8. The van der Waals surface area contributed by atoms with E-state index < -0.39 is 11.9 Å². The second kappa shape index (κ2) is 9.30. The van der Waals surface area contributed by atoms with Crippen LogP contribution < -0.4 is 11.5 Å². The molecule has 144 valence electrons. The third-order valence-electron chi connectivity index (χ3n) is 4.51. The van der Waals surface area contributed by atoms with Crippen LogP contribution in [0.3, 0.4) is 0 Å². The van der Waals surface area contributed by atoms with Crippen LogP contribution in [0.15, 0.2) is 12.2 Å². The van der Waals surface area contributed by atoms with Crippen molar-refractivity contribution in [3.63, 3.8) is 0 Å². The number of rotatable bonds is 6. The molecular formula is C16H24N4O6. The average Bonchev–Trinajstić information content (AvgIpc) is 2.61. The van der Waals surface area contributed by atoms with E-state index in [1.807, 2.05) is 0 Å². The standard InChI is InChI=1S/C16H24N4O6/c17-15(23)11-3-7-19(8-4-11)25-13(21)1-2-14(22)26-20-9-5-12(6-10-20)16(18)24/h1-2,11-12H,3-10H2,(H2,17,23)(H2,18,24)/b2-1-. The Balaban J connectivity index is 1.67. The zero-order valence-corrected chi connectivity index (χ0v) is 14.5. The van der Waals surface area contributed by atoms with Gasteiger partial charge in [-0.2, -0.15) is 0 Å².